The third-order valence-electron chi connectivity index (χ3n) is 2.19. The van der Waals surface area contributed by atoms with Crippen LogP contribution in [0.5, 0.6) is 5.75 Å². The highest BCUT2D eigenvalue weighted by atomic mass is 79.9. The summed E-state index contributed by atoms with van der Waals surface area (Å²) in [7, 11) is 0. The van der Waals surface area contributed by atoms with Crippen LogP contribution in [0.25, 0.3) is 0 Å². The van der Waals surface area contributed by atoms with E-state index in [1.54, 1.807) is 12.1 Å². The van der Waals surface area contributed by atoms with E-state index in [1.807, 2.05) is 0 Å². The maximum atomic E-state index is 11.7. The molecule has 2 rings (SSSR count). The summed E-state index contributed by atoms with van der Waals surface area (Å²) in [5.41, 5.74) is -1.24. The Labute approximate surface area is 101 Å². The number of nitrogens with zero attached hydrogens (tertiary/aromatic N) is 1. The van der Waals surface area contributed by atoms with Crippen LogP contribution >= 0.6 is 15.9 Å². The molecule has 6 heteroatoms. The van der Waals surface area contributed by atoms with Gasteiger partial charge in [0.1, 0.15) is 10.2 Å². The standard InChI is InChI=1S/C10H11BrN2O3/c1-10(2,15)7-9(14)13-8-5(16-7)3-4-6(11)12-8/h3-4,7,15H,1-2H3,(H,12,13,14). The summed E-state index contributed by atoms with van der Waals surface area (Å²) < 4.78 is 6.03. The van der Waals surface area contributed by atoms with Crippen LogP contribution in [-0.2, 0) is 4.79 Å². The number of pyridine rings is 1. The van der Waals surface area contributed by atoms with Gasteiger partial charge in [-0.15, -0.1) is 0 Å². The van der Waals surface area contributed by atoms with Gasteiger partial charge in [0.25, 0.3) is 5.91 Å². The first-order chi connectivity index (χ1) is 7.38. The van der Waals surface area contributed by atoms with E-state index in [-0.39, 0.29) is 0 Å². The highest BCUT2D eigenvalue weighted by Crippen LogP contribution is 2.31. The first kappa shape index (κ1) is 11.3. The highest BCUT2D eigenvalue weighted by Gasteiger charge is 2.39. The highest BCUT2D eigenvalue weighted by molar-refractivity contribution is 9.10. The number of carbonyl (C=O) groups is 1. The van der Waals surface area contributed by atoms with Crippen molar-refractivity contribution in [2.24, 2.45) is 0 Å². The van der Waals surface area contributed by atoms with Gasteiger partial charge in [-0.1, -0.05) is 0 Å². The molecule has 1 aliphatic rings. The molecule has 0 radical (unpaired) electrons. The fourth-order valence-electron chi connectivity index (χ4n) is 1.43. The summed E-state index contributed by atoms with van der Waals surface area (Å²) in [6.07, 6.45) is -0.928. The SMILES string of the molecule is CC(C)(O)C1Oc2ccc(Br)nc2NC1=O. The van der Waals surface area contributed by atoms with Crippen LogP contribution in [0.1, 0.15) is 13.8 Å². The minimum absolute atomic E-state index is 0.361. The second-order valence-electron chi connectivity index (χ2n) is 4.12. The van der Waals surface area contributed by atoms with E-state index in [1.165, 1.54) is 13.8 Å². The molecule has 0 spiro atoms. The third-order valence-corrected chi connectivity index (χ3v) is 2.63. The lowest BCUT2D eigenvalue weighted by Gasteiger charge is -2.32. The summed E-state index contributed by atoms with van der Waals surface area (Å²) in [6, 6.07) is 3.39. The molecule has 86 valence electrons. The van der Waals surface area contributed by atoms with E-state index < -0.39 is 17.6 Å². The second kappa shape index (κ2) is 3.71. The van der Waals surface area contributed by atoms with Gasteiger partial charge in [0.05, 0.1) is 0 Å². The molecular weight excluding hydrogens is 276 g/mol. The van der Waals surface area contributed by atoms with Crippen molar-refractivity contribution in [3.8, 4) is 5.75 Å². The van der Waals surface area contributed by atoms with Crippen LogP contribution in [0.3, 0.4) is 0 Å². The molecule has 0 fully saturated rings. The van der Waals surface area contributed by atoms with E-state index in [4.69, 9.17) is 4.74 Å². The number of rotatable bonds is 1. The number of halogens is 1. The number of ether oxygens (including phenoxy) is 1. The Morgan fingerprint density at radius 1 is 1.56 bits per heavy atom. The van der Waals surface area contributed by atoms with E-state index in [0.29, 0.717) is 16.2 Å². The van der Waals surface area contributed by atoms with Gasteiger partial charge in [-0.05, 0) is 41.9 Å². The Hall–Kier alpha value is -1.14. The number of anilines is 1. The molecule has 1 aliphatic heterocycles. The monoisotopic (exact) mass is 286 g/mol. The van der Waals surface area contributed by atoms with Gasteiger partial charge in [-0.2, -0.15) is 0 Å². The zero-order valence-corrected chi connectivity index (χ0v) is 10.4. The van der Waals surface area contributed by atoms with Crippen molar-refractivity contribution in [2.45, 2.75) is 25.6 Å². The summed E-state index contributed by atoms with van der Waals surface area (Å²) in [5, 5.41) is 12.4. The average molecular weight is 287 g/mol. The Morgan fingerprint density at radius 2 is 2.25 bits per heavy atom. The second-order valence-corrected chi connectivity index (χ2v) is 4.93. The number of hydrogen-bond donors (Lipinski definition) is 2. The number of aromatic nitrogens is 1. The molecular formula is C10H11BrN2O3. The quantitative estimate of drug-likeness (QED) is 0.764. The van der Waals surface area contributed by atoms with Crippen molar-refractivity contribution >= 4 is 27.7 Å². The van der Waals surface area contributed by atoms with Crippen molar-refractivity contribution in [3.63, 3.8) is 0 Å². The predicted octanol–water partition coefficient (Wildman–Crippen LogP) is 1.31. The Balaban J connectivity index is 2.36. The van der Waals surface area contributed by atoms with Gasteiger partial charge in [0, 0.05) is 0 Å². The van der Waals surface area contributed by atoms with Crippen molar-refractivity contribution in [1.29, 1.82) is 0 Å². The molecule has 1 aromatic rings. The minimum atomic E-state index is -1.24. The van der Waals surface area contributed by atoms with E-state index in [9.17, 15) is 9.90 Å². The van der Waals surface area contributed by atoms with Crippen molar-refractivity contribution in [3.05, 3.63) is 16.7 Å². The molecule has 16 heavy (non-hydrogen) atoms. The van der Waals surface area contributed by atoms with Crippen LogP contribution < -0.4 is 10.1 Å². The normalized spacial score (nSPS) is 19.8. The van der Waals surface area contributed by atoms with Crippen molar-refractivity contribution in [1.82, 2.24) is 4.98 Å². The maximum Gasteiger partial charge on any atom is 0.269 e. The molecule has 1 atom stereocenters. The number of carbonyl (C=O) groups excluding carboxylic acids is 1. The number of nitrogens with one attached hydrogen (secondary N) is 1. The molecule has 5 nitrogen and oxygen atoms in total. The Bertz CT molecular complexity index is 442. The third kappa shape index (κ3) is 2.03. The van der Waals surface area contributed by atoms with E-state index in [0.717, 1.165) is 0 Å². The molecule has 0 saturated carbocycles. The number of fused-ring (bicyclic) bond motifs is 1. The van der Waals surface area contributed by atoms with Crippen LogP contribution in [0, 0.1) is 0 Å². The zero-order valence-electron chi connectivity index (χ0n) is 8.82. The zero-order chi connectivity index (χ0) is 11.9. The lowest BCUT2D eigenvalue weighted by molar-refractivity contribution is -0.134. The molecule has 1 unspecified atom stereocenters. The van der Waals surface area contributed by atoms with Crippen molar-refractivity contribution in [2.75, 3.05) is 5.32 Å². The maximum absolute atomic E-state index is 11.7. The van der Waals surface area contributed by atoms with Gasteiger partial charge in [-0.25, -0.2) is 4.98 Å². The molecule has 0 bridgehead atoms. The number of hydrogen-bond acceptors (Lipinski definition) is 4. The minimum Gasteiger partial charge on any atom is -0.474 e. The predicted molar refractivity (Wildman–Crippen MR) is 61.3 cm³/mol. The molecule has 1 amide bonds. The summed E-state index contributed by atoms with van der Waals surface area (Å²) in [6.45, 7) is 3.04. The summed E-state index contributed by atoms with van der Waals surface area (Å²) in [4.78, 5) is 15.7. The smallest absolute Gasteiger partial charge is 0.269 e. The lowest BCUT2D eigenvalue weighted by Crippen LogP contribution is -2.51. The van der Waals surface area contributed by atoms with E-state index >= 15 is 0 Å². The first-order valence-electron chi connectivity index (χ1n) is 4.74. The molecule has 0 aromatic carbocycles. The van der Waals surface area contributed by atoms with Gasteiger partial charge in [0.2, 0.25) is 6.10 Å². The number of aliphatic hydroxyl groups is 1. The Kier molecular flexibility index (Phi) is 2.63. The van der Waals surface area contributed by atoms with E-state index in [2.05, 4.69) is 26.2 Å². The van der Waals surface area contributed by atoms with Gasteiger partial charge < -0.3 is 15.2 Å². The molecule has 1 aromatic heterocycles. The average Bonchev–Trinajstić information content (AvgIpc) is 2.14. The molecule has 2 N–H and O–H groups in total. The largest absolute Gasteiger partial charge is 0.474 e. The summed E-state index contributed by atoms with van der Waals surface area (Å²) in [5.74, 6) is 0.417. The van der Waals surface area contributed by atoms with Crippen LogP contribution in [0.2, 0.25) is 0 Å². The first-order valence-corrected chi connectivity index (χ1v) is 5.53. The van der Waals surface area contributed by atoms with Gasteiger partial charge in [-0.3, -0.25) is 4.79 Å². The fourth-order valence-corrected chi connectivity index (χ4v) is 1.74. The Morgan fingerprint density at radius 3 is 2.88 bits per heavy atom. The van der Waals surface area contributed by atoms with Crippen LogP contribution in [0.4, 0.5) is 5.82 Å². The fraction of sp³-hybridized carbons (Fsp3) is 0.400. The van der Waals surface area contributed by atoms with Gasteiger partial charge in [0.15, 0.2) is 11.6 Å². The molecule has 0 saturated heterocycles. The van der Waals surface area contributed by atoms with Crippen molar-refractivity contribution < 1.29 is 14.6 Å². The molecule has 2 heterocycles. The molecule has 0 aliphatic carbocycles. The van der Waals surface area contributed by atoms with Crippen LogP contribution in [0.15, 0.2) is 16.7 Å². The number of amides is 1. The van der Waals surface area contributed by atoms with Gasteiger partial charge >= 0.3 is 0 Å². The van der Waals surface area contributed by atoms with Crippen LogP contribution in [-0.4, -0.2) is 27.7 Å². The topological polar surface area (TPSA) is 71.5 Å². The lowest BCUT2D eigenvalue weighted by atomic mass is 10.00. The summed E-state index contributed by atoms with van der Waals surface area (Å²) >= 11 is 3.20.